The lowest BCUT2D eigenvalue weighted by molar-refractivity contribution is 0.615. The molecular weight excluding hydrogens is 171 g/mol. The van der Waals surface area contributed by atoms with Crippen LogP contribution in [0.15, 0.2) is 54.6 Å². The van der Waals surface area contributed by atoms with Crippen LogP contribution in [0.2, 0.25) is 0 Å². The Kier molecular flexibility index (Phi) is 2.66. The van der Waals surface area contributed by atoms with Crippen LogP contribution >= 0.6 is 0 Å². The van der Waals surface area contributed by atoms with Gasteiger partial charge in [-0.05, 0) is 11.1 Å². The maximum absolute atomic E-state index is 8.88. The molecule has 2 aromatic carbocycles. The molecule has 67 valence electrons. The average Bonchev–Trinajstić information content (AvgIpc) is 2.30. The van der Waals surface area contributed by atoms with Gasteiger partial charge < -0.3 is 5.02 Å². The summed E-state index contributed by atoms with van der Waals surface area (Å²) in [5.41, 5.74) is 3.11. The fraction of sp³-hybridized carbons (Fsp3) is 0. The van der Waals surface area contributed by atoms with Crippen LogP contribution in [0, 0.1) is 0 Å². The van der Waals surface area contributed by atoms with Crippen LogP contribution in [-0.4, -0.2) is 12.5 Å². The van der Waals surface area contributed by atoms with Gasteiger partial charge in [0, 0.05) is 0 Å². The quantitative estimate of drug-likeness (QED) is 0.697. The highest BCUT2D eigenvalue weighted by molar-refractivity contribution is 6.45. The number of hydrogen-bond donors (Lipinski definition) is 1. The highest BCUT2D eigenvalue weighted by Gasteiger charge is 1.98. The van der Waals surface area contributed by atoms with Gasteiger partial charge in [-0.2, -0.15) is 0 Å². The van der Waals surface area contributed by atoms with E-state index in [0.717, 1.165) is 24.1 Å². The van der Waals surface area contributed by atoms with Crippen LogP contribution in [0.5, 0.6) is 0 Å². The molecule has 0 aromatic heterocycles. The van der Waals surface area contributed by atoms with Crippen LogP contribution < -0.4 is 5.46 Å². The number of benzene rings is 2. The third-order valence-electron chi connectivity index (χ3n) is 2.14. The summed E-state index contributed by atoms with van der Waals surface area (Å²) in [6, 6.07) is 17.9. The predicted molar refractivity (Wildman–Crippen MR) is 59.5 cm³/mol. The predicted octanol–water partition coefficient (Wildman–Crippen LogP) is 1.59. The second kappa shape index (κ2) is 4.12. The molecule has 0 aliphatic rings. The fourth-order valence-corrected chi connectivity index (χ4v) is 1.43. The molecule has 14 heavy (non-hydrogen) atoms. The minimum atomic E-state index is 0.825. The van der Waals surface area contributed by atoms with E-state index < -0.39 is 0 Å². The third-order valence-corrected chi connectivity index (χ3v) is 2.14. The largest absolute Gasteiger partial charge is 0.450 e. The lowest BCUT2D eigenvalue weighted by atomic mass is 9.86. The second-order valence-electron chi connectivity index (χ2n) is 3.12. The summed E-state index contributed by atoms with van der Waals surface area (Å²) in [6.45, 7) is 0. The van der Waals surface area contributed by atoms with E-state index in [1.54, 1.807) is 0 Å². The fourth-order valence-electron chi connectivity index (χ4n) is 1.43. The highest BCUT2D eigenvalue weighted by atomic mass is 16.2. The van der Waals surface area contributed by atoms with E-state index in [2.05, 4.69) is 12.1 Å². The van der Waals surface area contributed by atoms with E-state index in [0.29, 0.717) is 0 Å². The molecule has 1 radical (unpaired) electrons. The maximum Gasteiger partial charge on any atom is 0.326 e. The van der Waals surface area contributed by atoms with Gasteiger partial charge in [-0.1, -0.05) is 60.1 Å². The molecule has 0 saturated carbocycles. The van der Waals surface area contributed by atoms with Crippen molar-refractivity contribution in [1.29, 1.82) is 0 Å². The first-order chi connectivity index (χ1) is 6.90. The van der Waals surface area contributed by atoms with E-state index in [9.17, 15) is 0 Å². The molecule has 0 spiro atoms. The highest BCUT2D eigenvalue weighted by Crippen LogP contribution is 2.16. The molecule has 2 heteroatoms. The van der Waals surface area contributed by atoms with Crippen molar-refractivity contribution in [2.75, 3.05) is 0 Å². The van der Waals surface area contributed by atoms with Crippen molar-refractivity contribution in [2.45, 2.75) is 0 Å². The van der Waals surface area contributed by atoms with Crippen LogP contribution in [-0.2, 0) is 0 Å². The zero-order valence-corrected chi connectivity index (χ0v) is 7.72. The van der Waals surface area contributed by atoms with Crippen LogP contribution in [0.4, 0.5) is 0 Å². The van der Waals surface area contributed by atoms with Gasteiger partial charge in [-0.15, -0.1) is 0 Å². The van der Waals surface area contributed by atoms with Crippen molar-refractivity contribution < 1.29 is 5.02 Å². The standard InChI is InChI=1S/C12H10BO/c14-13-12-8-4-7-11(9-12)10-5-2-1-3-6-10/h1-9,14H. The Bertz CT molecular complexity index is 412. The first-order valence-corrected chi connectivity index (χ1v) is 4.53. The molecule has 1 N–H and O–H groups in total. The Morgan fingerprint density at radius 3 is 2.21 bits per heavy atom. The number of rotatable bonds is 2. The maximum atomic E-state index is 8.88. The van der Waals surface area contributed by atoms with Gasteiger partial charge in [0.2, 0.25) is 0 Å². The van der Waals surface area contributed by atoms with Gasteiger partial charge in [0.25, 0.3) is 0 Å². The van der Waals surface area contributed by atoms with Crippen LogP contribution in [0.1, 0.15) is 0 Å². The van der Waals surface area contributed by atoms with E-state index in [-0.39, 0.29) is 0 Å². The van der Waals surface area contributed by atoms with Gasteiger partial charge in [-0.25, -0.2) is 0 Å². The topological polar surface area (TPSA) is 20.2 Å². The Balaban J connectivity index is 2.42. The summed E-state index contributed by atoms with van der Waals surface area (Å²) in [5, 5.41) is 8.88. The van der Waals surface area contributed by atoms with Crippen molar-refractivity contribution in [1.82, 2.24) is 0 Å². The SMILES string of the molecule is O[B]c1cccc(-c2ccccc2)c1. The molecule has 2 rings (SSSR count). The van der Waals surface area contributed by atoms with Gasteiger partial charge in [-0.3, -0.25) is 0 Å². The van der Waals surface area contributed by atoms with Gasteiger partial charge in [0.15, 0.2) is 0 Å². The Morgan fingerprint density at radius 2 is 1.50 bits per heavy atom. The first-order valence-electron chi connectivity index (χ1n) is 4.53. The molecule has 0 heterocycles. The Morgan fingerprint density at radius 1 is 0.786 bits per heavy atom. The summed E-state index contributed by atoms with van der Waals surface area (Å²) in [5.74, 6) is 0. The molecular formula is C12H10BO. The number of hydrogen-bond acceptors (Lipinski definition) is 1. The van der Waals surface area contributed by atoms with Gasteiger partial charge in [0.05, 0.1) is 0 Å². The monoisotopic (exact) mass is 181 g/mol. The van der Waals surface area contributed by atoms with Crippen molar-refractivity contribution in [3.63, 3.8) is 0 Å². The summed E-state index contributed by atoms with van der Waals surface area (Å²) >= 11 is 0. The van der Waals surface area contributed by atoms with E-state index in [4.69, 9.17) is 5.02 Å². The summed E-state index contributed by atoms with van der Waals surface area (Å²) in [7, 11) is 1.12. The lowest BCUT2D eigenvalue weighted by Crippen LogP contribution is -2.12. The van der Waals surface area contributed by atoms with Gasteiger partial charge >= 0.3 is 7.48 Å². The van der Waals surface area contributed by atoms with Crippen molar-refractivity contribution >= 4 is 12.9 Å². The zero-order valence-electron chi connectivity index (χ0n) is 7.72. The second-order valence-corrected chi connectivity index (χ2v) is 3.12. The molecule has 0 atom stereocenters. The lowest BCUT2D eigenvalue weighted by Gasteiger charge is -2.02. The van der Waals surface area contributed by atoms with E-state index in [1.165, 1.54) is 0 Å². The molecule has 0 fully saturated rings. The van der Waals surface area contributed by atoms with Crippen molar-refractivity contribution in [3.8, 4) is 11.1 Å². The smallest absolute Gasteiger partial charge is 0.326 e. The van der Waals surface area contributed by atoms with Crippen LogP contribution in [0.3, 0.4) is 0 Å². The Labute approximate surface area is 84.3 Å². The van der Waals surface area contributed by atoms with Crippen molar-refractivity contribution in [2.24, 2.45) is 0 Å². The minimum Gasteiger partial charge on any atom is -0.450 e. The van der Waals surface area contributed by atoms with E-state index >= 15 is 0 Å². The normalized spacial score (nSPS) is 9.79. The molecule has 0 amide bonds. The van der Waals surface area contributed by atoms with Crippen LogP contribution in [0.25, 0.3) is 11.1 Å². The molecule has 0 bridgehead atoms. The Hall–Kier alpha value is -1.54. The molecule has 0 unspecified atom stereocenters. The molecule has 0 saturated heterocycles. The third kappa shape index (κ3) is 1.86. The molecule has 0 aliphatic carbocycles. The van der Waals surface area contributed by atoms with Gasteiger partial charge in [0.1, 0.15) is 0 Å². The minimum absolute atomic E-state index is 0.825. The molecule has 0 aliphatic heterocycles. The summed E-state index contributed by atoms with van der Waals surface area (Å²) in [6.07, 6.45) is 0. The molecule has 1 nitrogen and oxygen atoms in total. The first kappa shape index (κ1) is 9.04. The zero-order chi connectivity index (χ0) is 9.80. The van der Waals surface area contributed by atoms with E-state index in [1.807, 2.05) is 42.5 Å². The van der Waals surface area contributed by atoms with Crippen molar-refractivity contribution in [3.05, 3.63) is 54.6 Å². The average molecular weight is 181 g/mol. The summed E-state index contributed by atoms with van der Waals surface area (Å²) < 4.78 is 0. The summed E-state index contributed by atoms with van der Waals surface area (Å²) in [4.78, 5) is 0. The molecule has 2 aromatic rings.